The molecule has 2 rings (SSSR count). The lowest BCUT2D eigenvalue weighted by Gasteiger charge is -2.21. The minimum Gasteiger partial charge on any atom is -0.464 e. The van der Waals surface area contributed by atoms with Crippen LogP contribution in [0.25, 0.3) is 0 Å². The van der Waals surface area contributed by atoms with Crippen LogP contribution in [0, 0.1) is 0 Å². The molecule has 2 N–H and O–H groups in total. The molecule has 1 aliphatic heterocycles. The third-order valence-electron chi connectivity index (χ3n) is 3.33. The number of nitrogens with one attached hydrogen (secondary N) is 2. The van der Waals surface area contributed by atoms with Gasteiger partial charge in [0.25, 0.3) is 5.91 Å². The Balaban J connectivity index is 2.12. The minimum atomic E-state index is -0.644. The van der Waals surface area contributed by atoms with Crippen molar-refractivity contribution in [2.24, 2.45) is 0 Å². The molecule has 1 unspecified atom stereocenters. The van der Waals surface area contributed by atoms with Crippen molar-refractivity contribution in [1.29, 1.82) is 0 Å². The first kappa shape index (κ1) is 14.4. The number of rotatable bonds is 4. The molecule has 1 aliphatic rings. The summed E-state index contributed by atoms with van der Waals surface area (Å²) < 4.78 is 4.89. The number of hydrogen-bond donors (Lipinski definition) is 2. The van der Waals surface area contributed by atoms with Crippen molar-refractivity contribution >= 4 is 17.6 Å². The zero-order valence-corrected chi connectivity index (χ0v) is 11.9. The molecular weight excluding hydrogens is 256 g/mol. The van der Waals surface area contributed by atoms with Crippen LogP contribution in [0.3, 0.4) is 0 Å². The highest BCUT2D eigenvalue weighted by Crippen LogP contribution is 2.25. The lowest BCUT2D eigenvalue weighted by atomic mass is 9.97. The highest BCUT2D eigenvalue weighted by Gasteiger charge is 2.21. The van der Waals surface area contributed by atoms with Gasteiger partial charge in [-0.2, -0.15) is 0 Å². The Bertz CT molecular complexity index is 514. The number of amides is 1. The summed E-state index contributed by atoms with van der Waals surface area (Å²) in [6.45, 7) is 4.61. The first-order valence-corrected chi connectivity index (χ1v) is 6.96. The number of carbonyl (C=O) groups excluding carboxylic acids is 2. The summed E-state index contributed by atoms with van der Waals surface area (Å²) in [5.74, 6) is -0.644. The molecule has 0 saturated carbocycles. The van der Waals surface area contributed by atoms with Crippen molar-refractivity contribution in [3.8, 4) is 0 Å². The third-order valence-corrected chi connectivity index (χ3v) is 3.33. The number of fused-ring (bicyclic) bond motifs is 1. The lowest BCUT2D eigenvalue weighted by molar-refractivity contribution is -0.144. The van der Waals surface area contributed by atoms with Crippen LogP contribution in [0.5, 0.6) is 0 Å². The summed E-state index contributed by atoms with van der Waals surface area (Å²) >= 11 is 0. The predicted molar refractivity (Wildman–Crippen MR) is 76.8 cm³/mol. The molecule has 0 saturated heterocycles. The first-order chi connectivity index (χ1) is 9.63. The number of benzene rings is 1. The molecule has 0 bridgehead atoms. The smallest absolute Gasteiger partial charge is 0.328 e. The summed E-state index contributed by atoms with van der Waals surface area (Å²) in [4.78, 5) is 23.8. The van der Waals surface area contributed by atoms with Gasteiger partial charge in [0.1, 0.15) is 6.04 Å². The SMILES string of the molecule is CCOC(=O)C(C)NC(=O)c1cccc2c1CCCN2. The van der Waals surface area contributed by atoms with Crippen LogP contribution in [0.15, 0.2) is 18.2 Å². The van der Waals surface area contributed by atoms with Crippen molar-refractivity contribution in [3.63, 3.8) is 0 Å². The van der Waals surface area contributed by atoms with Gasteiger partial charge in [0, 0.05) is 17.8 Å². The molecule has 5 nitrogen and oxygen atoms in total. The molecule has 0 aromatic heterocycles. The van der Waals surface area contributed by atoms with E-state index in [1.807, 2.05) is 12.1 Å². The van der Waals surface area contributed by atoms with Gasteiger partial charge < -0.3 is 15.4 Å². The molecule has 1 aromatic rings. The van der Waals surface area contributed by atoms with Crippen LogP contribution in [0.1, 0.15) is 36.2 Å². The fourth-order valence-corrected chi connectivity index (χ4v) is 2.32. The topological polar surface area (TPSA) is 67.4 Å². The van der Waals surface area contributed by atoms with E-state index in [9.17, 15) is 9.59 Å². The molecule has 20 heavy (non-hydrogen) atoms. The van der Waals surface area contributed by atoms with Crippen molar-refractivity contribution in [2.75, 3.05) is 18.5 Å². The van der Waals surface area contributed by atoms with Crippen molar-refractivity contribution in [3.05, 3.63) is 29.3 Å². The largest absolute Gasteiger partial charge is 0.464 e. The van der Waals surface area contributed by atoms with Gasteiger partial charge in [0.05, 0.1) is 6.61 Å². The Morgan fingerprint density at radius 3 is 3.00 bits per heavy atom. The van der Waals surface area contributed by atoms with E-state index < -0.39 is 12.0 Å². The van der Waals surface area contributed by atoms with Gasteiger partial charge in [0.2, 0.25) is 0 Å². The fourth-order valence-electron chi connectivity index (χ4n) is 2.32. The Hall–Kier alpha value is -2.04. The van der Waals surface area contributed by atoms with Gasteiger partial charge in [-0.15, -0.1) is 0 Å². The molecule has 108 valence electrons. The summed E-state index contributed by atoms with van der Waals surface area (Å²) in [5, 5.41) is 5.97. The maximum absolute atomic E-state index is 12.3. The van der Waals surface area contributed by atoms with Crippen LogP contribution in [0.4, 0.5) is 5.69 Å². The van der Waals surface area contributed by atoms with Gasteiger partial charge in [-0.25, -0.2) is 4.79 Å². The molecule has 0 spiro atoms. The van der Waals surface area contributed by atoms with Crippen LogP contribution in [-0.2, 0) is 16.0 Å². The van der Waals surface area contributed by atoms with Crippen LogP contribution in [-0.4, -0.2) is 31.1 Å². The Morgan fingerprint density at radius 2 is 2.25 bits per heavy atom. The number of ether oxygens (including phenoxy) is 1. The zero-order valence-electron chi connectivity index (χ0n) is 11.9. The molecule has 1 atom stereocenters. The molecule has 1 heterocycles. The van der Waals surface area contributed by atoms with E-state index in [1.165, 1.54) is 0 Å². The fraction of sp³-hybridized carbons (Fsp3) is 0.467. The van der Waals surface area contributed by atoms with Gasteiger partial charge >= 0.3 is 5.97 Å². The van der Waals surface area contributed by atoms with Gasteiger partial charge in [-0.05, 0) is 44.4 Å². The Kier molecular flexibility index (Phi) is 4.61. The normalized spacial score (nSPS) is 14.7. The van der Waals surface area contributed by atoms with E-state index in [-0.39, 0.29) is 5.91 Å². The second kappa shape index (κ2) is 6.41. The first-order valence-electron chi connectivity index (χ1n) is 6.96. The van der Waals surface area contributed by atoms with E-state index >= 15 is 0 Å². The number of anilines is 1. The number of hydrogen-bond acceptors (Lipinski definition) is 4. The third kappa shape index (κ3) is 3.10. The van der Waals surface area contributed by atoms with Crippen molar-refractivity contribution < 1.29 is 14.3 Å². The van der Waals surface area contributed by atoms with Gasteiger partial charge in [0.15, 0.2) is 0 Å². The quantitative estimate of drug-likeness (QED) is 0.822. The highest BCUT2D eigenvalue weighted by molar-refractivity contribution is 5.99. The van der Waals surface area contributed by atoms with E-state index in [0.717, 1.165) is 30.6 Å². The zero-order chi connectivity index (χ0) is 14.5. The average molecular weight is 276 g/mol. The second-order valence-electron chi connectivity index (χ2n) is 4.81. The molecular formula is C15H20N2O3. The maximum atomic E-state index is 12.3. The van der Waals surface area contributed by atoms with Crippen molar-refractivity contribution in [1.82, 2.24) is 5.32 Å². The summed E-state index contributed by atoms with van der Waals surface area (Å²) in [5.41, 5.74) is 2.66. The van der Waals surface area contributed by atoms with E-state index in [0.29, 0.717) is 12.2 Å². The molecule has 0 fully saturated rings. The van der Waals surface area contributed by atoms with Crippen LogP contribution in [0.2, 0.25) is 0 Å². The average Bonchev–Trinajstić information content (AvgIpc) is 2.46. The summed E-state index contributed by atoms with van der Waals surface area (Å²) in [7, 11) is 0. The predicted octanol–water partition coefficient (Wildman–Crippen LogP) is 1.73. The Labute approximate surface area is 118 Å². The standard InChI is InChI=1S/C15H20N2O3/c1-3-20-15(19)10(2)17-14(18)12-6-4-8-13-11(12)7-5-9-16-13/h4,6,8,10,16H,3,5,7,9H2,1-2H3,(H,17,18). The Morgan fingerprint density at radius 1 is 1.45 bits per heavy atom. The van der Waals surface area contributed by atoms with Crippen molar-refractivity contribution in [2.45, 2.75) is 32.7 Å². The minimum absolute atomic E-state index is 0.230. The number of esters is 1. The lowest BCUT2D eigenvalue weighted by Crippen LogP contribution is -2.40. The second-order valence-corrected chi connectivity index (χ2v) is 4.81. The van der Waals surface area contributed by atoms with Crippen LogP contribution < -0.4 is 10.6 Å². The molecule has 5 heteroatoms. The maximum Gasteiger partial charge on any atom is 0.328 e. The summed E-state index contributed by atoms with van der Waals surface area (Å²) in [6, 6.07) is 4.97. The monoisotopic (exact) mass is 276 g/mol. The highest BCUT2D eigenvalue weighted by atomic mass is 16.5. The summed E-state index contributed by atoms with van der Waals surface area (Å²) in [6.07, 6.45) is 1.88. The van der Waals surface area contributed by atoms with E-state index in [4.69, 9.17) is 4.74 Å². The van der Waals surface area contributed by atoms with E-state index in [1.54, 1.807) is 19.9 Å². The van der Waals surface area contributed by atoms with Crippen LogP contribution >= 0.6 is 0 Å². The number of carbonyl (C=O) groups is 2. The molecule has 0 radical (unpaired) electrons. The molecule has 1 aromatic carbocycles. The molecule has 0 aliphatic carbocycles. The van der Waals surface area contributed by atoms with Gasteiger partial charge in [-0.3, -0.25) is 4.79 Å². The molecule has 1 amide bonds. The van der Waals surface area contributed by atoms with E-state index in [2.05, 4.69) is 10.6 Å². The van der Waals surface area contributed by atoms with Gasteiger partial charge in [-0.1, -0.05) is 6.07 Å².